The molecule has 0 N–H and O–H groups in total. The van der Waals surface area contributed by atoms with Gasteiger partial charge in [0.25, 0.3) is 5.91 Å². The van der Waals surface area contributed by atoms with Crippen molar-refractivity contribution in [1.29, 1.82) is 0 Å². The molecule has 0 spiro atoms. The highest BCUT2D eigenvalue weighted by Crippen LogP contribution is 2.18. The molecule has 2 aromatic rings. The molecular formula is C18H25N3O4. The van der Waals surface area contributed by atoms with Crippen molar-refractivity contribution in [3.05, 3.63) is 30.2 Å². The fourth-order valence-corrected chi connectivity index (χ4v) is 2.54. The molecule has 136 valence electrons. The minimum absolute atomic E-state index is 0.0889. The molecule has 0 unspecified atom stereocenters. The van der Waals surface area contributed by atoms with Gasteiger partial charge >= 0.3 is 5.97 Å². The maximum atomic E-state index is 12.4. The van der Waals surface area contributed by atoms with Gasteiger partial charge in [0, 0.05) is 25.5 Å². The average Bonchev–Trinajstić information content (AvgIpc) is 2.97. The number of carbonyl (C=O) groups is 2. The van der Waals surface area contributed by atoms with Crippen LogP contribution < -0.4 is 4.74 Å². The Balaban J connectivity index is 1.96. The Morgan fingerprint density at radius 2 is 2.08 bits per heavy atom. The second-order valence-corrected chi connectivity index (χ2v) is 5.71. The molecule has 0 atom stereocenters. The number of esters is 1. The number of ether oxygens (including phenoxy) is 2. The second kappa shape index (κ2) is 9.05. The summed E-state index contributed by atoms with van der Waals surface area (Å²) in [5.41, 5.74) is 1.56. The maximum Gasteiger partial charge on any atom is 0.307 e. The van der Waals surface area contributed by atoms with E-state index in [1.54, 1.807) is 17.9 Å². The number of amides is 1. The zero-order chi connectivity index (χ0) is 18.2. The molecule has 0 saturated heterocycles. The summed E-state index contributed by atoms with van der Waals surface area (Å²) in [5, 5.41) is 0. The first kappa shape index (κ1) is 18.8. The monoisotopic (exact) mass is 347 g/mol. The molecule has 1 amide bonds. The summed E-state index contributed by atoms with van der Waals surface area (Å²) in [6.45, 7) is 6.82. The first-order valence-corrected chi connectivity index (χ1v) is 8.55. The SMILES string of the molecule is CCCN(CCC(=O)OCC)C(=O)COc1cccn2cc(C)nc12. The molecule has 2 rings (SSSR count). The maximum absolute atomic E-state index is 12.4. The Hall–Kier alpha value is -2.57. The third kappa shape index (κ3) is 5.20. The number of pyridine rings is 1. The predicted octanol–water partition coefficient (Wildman–Crippen LogP) is 2.21. The molecule has 7 heteroatoms. The van der Waals surface area contributed by atoms with Crippen molar-refractivity contribution in [2.24, 2.45) is 0 Å². The quantitative estimate of drug-likeness (QED) is 0.650. The Morgan fingerprint density at radius 1 is 1.28 bits per heavy atom. The summed E-state index contributed by atoms with van der Waals surface area (Å²) >= 11 is 0. The van der Waals surface area contributed by atoms with Crippen molar-refractivity contribution in [1.82, 2.24) is 14.3 Å². The van der Waals surface area contributed by atoms with Crippen LogP contribution >= 0.6 is 0 Å². The number of hydrogen-bond donors (Lipinski definition) is 0. The minimum atomic E-state index is -0.296. The molecule has 0 bridgehead atoms. The van der Waals surface area contributed by atoms with Gasteiger partial charge in [-0.25, -0.2) is 4.98 Å². The summed E-state index contributed by atoms with van der Waals surface area (Å²) in [4.78, 5) is 30.0. The number of rotatable bonds is 9. The molecule has 2 heterocycles. The summed E-state index contributed by atoms with van der Waals surface area (Å²) in [6, 6.07) is 3.64. The molecule has 0 fully saturated rings. The van der Waals surface area contributed by atoms with E-state index in [2.05, 4.69) is 4.98 Å². The number of hydrogen-bond acceptors (Lipinski definition) is 5. The lowest BCUT2D eigenvalue weighted by atomic mass is 10.3. The van der Waals surface area contributed by atoms with Gasteiger partial charge in [-0.1, -0.05) is 6.92 Å². The number of imidazole rings is 1. The lowest BCUT2D eigenvalue weighted by molar-refractivity contribution is -0.144. The van der Waals surface area contributed by atoms with Crippen LogP contribution in [0.1, 0.15) is 32.4 Å². The Bertz CT molecular complexity index is 726. The van der Waals surface area contributed by atoms with Gasteiger partial charge in [0.1, 0.15) is 0 Å². The number of aromatic nitrogens is 2. The van der Waals surface area contributed by atoms with E-state index < -0.39 is 0 Å². The first-order chi connectivity index (χ1) is 12.0. The van der Waals surface area contributed by atoms with Gasteiger partial charge in [-0.05, 0) is 32.4 Å². The predicted molar refractivity (Wildman–Crippen MR) is 93.5 cm³/mol. The largest absolute Gasteiger partial charge is 0.480 e. The number of carbonyl (C=O) groups excluding carboxylic acids is 2. The van der Waals surface area contributed by atoms with Gasteiger partial charge in [-0.3, -0.25) is 9.59 Å². The van der Waals surface area contributed by atoms with Crippen molar-refractivity contribution >= 4 is 17.5 Å². The summed E-state index contributed by atoms with van der Waals surface area (Å²) in [6.07, 6.45) is 4.78. The molecule has 25 heavy (non-hydrogen) atoms. The van der Waals surface area contributed by atoms with Crippen LogP contribution in [0.3, 0.4) is 0 Å². The van der Waals surface area contributed by atoms with E-state index in [1.165, 1.54) is 0 Å². The van der Waals surface area contributed by atoms with Crippen LogP contribution in [0, 0.1) is 6.92 Å². The first-order valence-electron chi connectivity index (χ1n) is 8.55. The molecule has 0 aliphatic heterocycles. The molecule has 0 aliphatic rings. The highest BCUT2D eigenvalue weighted by Gasteiger charge is 2.16. The lowest BCUT2D eigenvalue weighted by Gasteiger charge is -2.21. The normalized spacial score (nSPS) is 10.7. The van der Waals surface area contributed by atoms with Gasteiger partial charge in [-0.15, -0.1) is 0 Å². The molecular weight excluding hydrogens is 322 g/mol. The molecule has 2 aromatic heterocycles. The molecule has 7 nitrogen and oxygen atoms in total. The zero-order valence-electron chi connectivity index (χ0n) is 15.0. The third-order valence-electron chi connectivity index (χ3n) is 3.66. The standard InChI is InChI=1S/C18H25N3O4/c1-4-9-20(11-8-17(23)24-5-2)16(22)13-25-15-7-6-10-21-12-14(3)19-18(15)21/h6-7,10,12H,4-5,8-9,11,13H2,1-3H3. The summed E-state index contributed by atoms with van der Waals surface area (Å²) in [5.74, 6) is 0.108. The van der Waals surface area contributed by atoms with E-state index in [0.717, 1.165) is 12.1 Å². The Morgan fingerprint density at radius 3 is 2.80 bits per heavy atom. The third-order valence-corrected chi connectivity index (χ3v) is 3.66. The van der Waals surface area contributed by atoms with Gasteiger partial charge in [0.2, 0.25) is 0 Å². The second-order valence-electron chi connectivity index (χ2n) is 5.71. The van der Waals surface area contributed by atoms with E-state index in [4.69, 9.17) is 9.47 Å². The van der Waals surface area contributed by atoms with E-state index in [-0.39, 0.29) is 24.9 Å². The Labute approximate surface area is 147 Å². The van der Waals surface area contributed by atoms with Crippen molar-refractivity contribution in [3.63, 3.8) is 0 Å². The lowest BCUT2D eigenvalue weighted by Crippen LogP contribution is -2.37. The molecule has 0 radical (unpaired) electrons. The summed E-state index contributed by atoms with van der Waals surface area (Å²) in [7, 11) is 0. The molecule has 0 saturated carbocycles. The highest BCUT2D eigenvalue weighted by molar-refractivity contribution is 5.79. The number of fused-ring (bicyclic) bond motifs is 1. The van der Waals surface area contributed by atoms with Crippen LogP contribution in [0.4, 0.5) is 0 Å². The van der Waals surface area contributed by atoms with Crippen molar-refractivity contribution < 1.29 is 19.1 Å². The van der Waals surface area contributed by atoms with Crippen molar-refractivity contribution in [2.45, 2.75) is 33.6 Å². The van der Waals surface area contributed by atoms with Crippen LogP contribution in [-0.4, -0.2) is 52.5 Å². The van der Waals surface area contributed by atoms with E-state index in [0.29, 0.717) is 31.1 Å². The van der Waals surface area contributed by atoms with Crippen LogP contribution in [0.15, 0.2) is 24.5 Å². The molecule has 0 aromatic carbocycles. The average molecular weight is 347 g/mol. The smallest absolute Gasteiger partial charge is 0.307 e. The van der Waals surface area contributed by atoms with Crippen LogP contribution in [0.25, 0.3) is 5.65 Å². The van der Waals surface area contributed by atoms with Crippen molar-refractivity contribution in [3.8, 4) is 5.75 Å². The van der Waals surface area contributed by atoms with E-state index >= 15 is 0 Å². The number of aryl methyl sites for hydroxylation is 1. The van der Waals surface area contributed by atoms with Crippen molar-refractivity contribution in [2.75, 3.05) is 26.3 Å². The summed E-state index contributed by atoms with van der Waals surface area (Å²) < 4.78 is 12.5. The van der Waals surface area contributed by atoms with Gasteiger partial charge < -0.3 is 18.8 Å². The fraction of sp³-hybridized carbons (Fsp3) is 0.500. The fourth-order valence-electron chi connectivity index (χ4n) is 2.54. The zero-order valence-corrected chi connectivity index (χ0v) is 15.0. The van der Waals surface area contributed by atoms with Gasteiger partial charge in [0.05, 0.1) is 18.7 Å². The highest BCUT2D eigenvalue weighted by atomic mass is 16.5. The van der Waals surface area contributed by atoms with Crippen LogP contribution in [-0.2, 0) is 14.3 Å². The van der Waals surface area contributed by atoms with E-state index in [9.17, 15) is 9.59 Å². The van der Waals surface area contributed by atoms with E-state index in [1.807, 2.05) is 36.7 Å². The van der Waals surface area contributed by atoms with Gasteiger partial charge in [0.15, 0.2) is 18.0 Å². The minimum Gasteiger partial charge on any atom is -0.480 e. The van der Waals surface area contributed by atoms with Crippen LogP contribution in [0.5, 0.6) is 5.75 Å². The van der Waals surface area contributed by atoms with Crippen LogP contribution in [0.2, 0.25) is 0 Å². The van der Waals surface area contributed by atoms with Gasteiger partial charge in [-0.2, -0.15) is 0 Å². The topological polar surface area (TPSA) is 73.1 Å². The number of nitrogens with zero attached hydrogens (tertiary/aromatic N) is 3. The Kier molecular flexibility index (Phi) is 6.80. The molecule has 0 aliphatic carbocycles.